The number of benzene rings is 3. The zero-order valence-corrected chi connectivity index (χ0v) is 15.3. The normalized spacial score (nSPS) is 11.9. The van der Waals surface area contributed by atoms with Crippen LogP contribution in [0.4, 0.5) is 0 Å². The molecule has 27 heavy (non-hydrogen) atoms. The van der Waals surface area contributed by atoms with Crippen LogP contribution in [0.25, 0.3) is 6.08 Å². The van der Waals surface area contributed by atoms with Crippen molar-refractivity contribution >= 4 is 12.0 Å². The van der Waals surface area contributed by atoms with E-state index in [2.05, 4.69) is 5.32 Å². The zero-order chi connectivity index (χ0) is 18.9. The second-order valence-electron chi connectivity index (χ2n) is 6.32. The van der Waals surface area contributed by atoms with Gasteiger partial charge >= 0.3 is 0 Å². The molecule has 0 aliphatic carbocycles. The monoisotopic (exact) mass is 357 g/mol. The Balaban J connectivity index is 1.50. The van der Waals surface area contributed by atoms with Gasteiger partial charge in [0.1, 0.15) is 12.4 Å². The Labute approximate surface area is 160 Å². The lowest BCUT2D eigenvalue weighted by Crippen LogP contribution is -2.24. The second kappa shape index (κ2) is 9.39. The highest BCUT2D eigenvalue weighted by Crippen LogP contribution is 2.15. The minimum atomic E-state index is -0.115. The molecule has 3 nitrogen and oxygen atoms in total. The first-order chi connectivity index (χ1) is 13.2. The summed E-state index contributed by atoms with van der Waals surface area (Å²) in [5.74, 6) is 0.689. The van der Waals surface area contributed by atoms with E-state index in [0.29, 0.717) is 6.61 Å². The molecule has 0 fully saturated rings. The smallest absolute Gasteiger partial charge is 0.244 e. The summed E-state index contributed by atoms with van der Waals surface area (Å²) < 4.78 is 5.77. The van der Waals surface area contributed by atoms with Crippen molar-refractivity contribution in [1.82, 2.24) is 5.32 Å². The first-order valence-electron chi connectivity index (χ1n) is 9.01. The number of amides is 1. The average molecular weight is 357 g/mol. The van der Waals surface area contributed by atoms with Crippen LogP contribution in [-0.4, -0.2) is 5.91 Å². The maximum atomic E-state index is 12.1. The van der Waals surface area contributed by atoms with E-state index in [9.17, 15) is 4.79 Å². The highest BCUT2D eigenvalue weighted by Gasteiger charge is 2.06. The molecule has 1 N–H and O–H groups in total. The van der Waals surface area contributed by atoms with Crippen molar-refractivity contribution in [3.63, 3.8) is 0 Å². The maximum Gasteiger partial charge on any atom is 0.244 e. The van der Waals surface area contributed by atoms with E-state index in [0.717, 1.165) is 22.4 Å². The van der Waals surface area contributed by atoms with Crippen LogP contribution in [0.15, 0.2) is 91.0 Å². The SMILES string of the molecule is CC(NC(=O)/C=C/c1ccc(OCc2ccccc2)cc1)c1ccccc1. The lowest BCUT2D eigenvalue weighted by atomic mass is 10.1. The van der Waals surface area contributed by atoms with Gasteiger partial charge in [0.05, 0.1) is 6.04 Å². The Morgan fingerprint density at radius 3 is 2.22 bits per heavy atom. The third kappa shape index (κ3) is 5.86. The minimum absolute atomic E-state index is 0.0305. The Morgan fingerprint density at radius 1 is 0.926 bits per heavy atom. The van der Waals surface area contributed by atoms with E-state index in [4.69, 9.17) is 4.74 Å². The predicted octanol–water partition coefficient (Wildman–Crippen LogP) is 5.16. The molecular weight excluding hydrogens is 334 g/mol. The predicted molar refractivity (Wildman–Crippen MR) is 109 cm³/mol. The van der Waals surface area contributed by atoms with Gasteiger partial charge in [-0.15, -0.1) is 0 Å². The van der Waals surface area contributed by atoms with E-state index < -0.39 is 0 Å². The molecule has 0 aliphatic rings. The van der Waals surface area contributed by atoms with E-state index >= 15 is 0 Å². The van der Waals surface area contributed by atoms with E-state index in [-0.39, 0.29) is 11.9 Å². The van der Waals surface area contributed by atoms with Gasteiger partial charge < -0.3 is 10.1 Å². The van der Waals surface area contributed by atoms with Gasteiger partial charge in [-0.25, -0.2) is 0 Å². The number of carbonyl (C=O) groups excluding carboxylic acids is 1. The van der Waals surface area contributed by atoms with Crippen LogP contribution in [0.1, 0.15) is 29.7 Å². The van der Waals surface area contributed by atoms with Crippen molar-refractivity contribution in [2.45, 2.75) is 19.6 Å². The van der Waals surface area contributed by atoms with Gasteiger partial charge in [0, 0.05) is 6.08 Å². The van der Waals surface area contributed by atoms with Crippen molar-refractivity contribution in [3.05, 3.63) is 108 Å². The molecule has 0 saturated heterocycles. The molecule has 0 heterocycles. The molecule has 0 spiro atoms. The van der Waals surface area contributed by atoms with Crippen LogP contribution < -0.4 is 10.1 Å². The molecule has 1 atom stereocenters. The Kier molecular flexibility index (Phi) is 6.42. The molecule has 3 rings (SSSR count). The summed E-state index contributed by atoms with van der Waals surface area (Å²) in [6.45, 7) is 2.51. The fourth-order valence-corrected chi connectivity index (χ4v) is 2.67. The fraction of sp³-hybridized carbons (Fsp3) is 0.125. The summed E-state index contributed by atoms with van der Waals surface area (Å²) in [6, 6.07) is 27.6. The molecular formula is C24H23NO2. The van der Waals surface area contributed by atoms with Crippen LogP contribution in [0.5, 0.6) is 5.75 Å². The summed E-state index contributed by atoms with van der Waals surface area (Å²) in [7, 11) is 0. The maximum absolute atomic E-state index is 12.1. The van der Waals surface area contributed by atoms with Gasteiger partial charge in [0.2, 0.25) is 5.91 Å². The molecule has 1 amide bonds. The van der Waals surface area contributed by atoms with Crippen molar-refractivity contribution < 1.29 is 9.53 Å². The number of ether oxygens (including phenoxy) is 1. The molecule has 1 unspecified atom stereocenters. The molecule has 0 saturated carbocycles. The Hall–Kier alpha value is -3.33. The topological polar surface area (TPSA) is 38.3 Å². The van der Waals surface area contributed by atoms with Gasteiger partial charge in [0.25, 0.3) is 0 Å². The van der Waals surface area contributed by atoms with Crippen LogP contribution in [0.2, 0.25) is 0 Å². The fourth-order valence-electron chi connectivity index (χ4n) is 2.67. The summed E-state index contributed by atoms with van der Waals surface area (Å²) in [5, 5.41) is 2.97. The van der Waals surface area contributed by atoms with E-state index in [1.54, 1.807) is 12.2 Å². The number of nitrogens with one attached hydrogen (secondary N) is 1. The molecule has 0 radical (unpaired) electrons. The quantitative estimate of drug-likeness (QED) is 0.594. The van der Waals surface area contributed by atoms with Crippen LogP contribution in [0, 0.1) is 0 Å². The van der Waals surface area contributed by atoms with Gasteiger partial charge in [-0.05, 0) is 41.8 Å². The molecule has 0 aliphatic heterocycles. The van der Waals surface area contributed by atoms with Crippen LogP contribution in [0.3, 0.4) is 0 Å². The van der Waals surface area contributed by atoms with Gasteiger partial charge in [-0.3, -0.25) is 4.79 Å². The zero-order valence-electron chi connectivity index (χ0n) is 15.3. The number of rotatable bonds is 7. The molecule has 3 aromatic rings. The highest BCUT2D eigenvalue weighted by atomic mass is 16.5. The molecule has 3 aromatic carbocycles. The molecule has 136 valence electrons. The van der Waals surface area contributed by atoms with E-state index in [1.165, 1.54) is 0 Å². The number of hydrogen-bond acceptors (Lipinski definition) is 2. The van der Waals surface area contributed by atoms with Crippen LogP contribution in [-0.2, 0) is 11.4 Å². The van der Waals surface area contributed by atoms with Crippen molar-refractivity contribution in [3.8, 4) is 5.75 Å². The highest BCUT2D eigenvalue weighted by molar-refractivity contribution is 5.91. The van der Waals surface area contributed by atoms with Crippen molar-refractivity contribution in [2.24, 2.45) is 0 Å². The second-order valence-corrected chi connectivity index (χ2v) is 6.32. The lowest BCUT2D eigenvalue weighted by Gasteiger charge is -2.12. The van der Waals surface area contributed by atoms with E-state index in [1.807, 2.05) is 91.9 Å². The standard InChI is InChI=1S/C24H23NO2/c1-19(22-10-6-3-7-11-22)25-24(26)17-14-20-12-15-23(16-13-20)27-18-21-8-4-2-5-9-21/h2-17,19H,18H2,1H3,(H,25,26)/b17-14+. The number of carbonyl (C=O) groups is 1. The van der Waals surface area contributed by atoms with Gasteiger partial charge in [-0.2, -0.15) is 0 Å². The summed E-state index contributed by atoms with van der Waals surface area (Å²) in [5.41, 5.74) is 3.16. The third-order valence-corrected chi connectivity index (χ3v) is 4.21. The Bertz CT molecular complexity index is 871. The first-order valence-corrected chi connectivity index (χ1v) is 9.01. The van der Waals surface area contributed by atoms with Gasteiger partial charge in [-0.1, -0.05) is 72.8 Å². The molecule has 0 bridgehead atoms. The van der Waals surface area contributed by atoms with Crippen molar-refractivity contribution in [1.29, 1.82) is 0 Å². The third-order valence-electron chi connectivity index (χ3n) is 4.21. The van der Waals surface area contributed by atoms with Gasteiger partial charge in [0.15, 0.2) is 0 Å². The summed E-state index contributed by atoms with van der Waals surface area (Å²) in [6.07, 6.45) is 3.35. The summed E-state index contributed by atoms with van der Waals surface area (Å²) in [4.78, 5) is 12.1. The lowest BCUT2D eigenvalue weighted by molar-refractivity contribution is -0.117. The summed E-state index contributed by atoms with van der Waals surface area (Å²) >= 11 is 0. The molecule has 3 heteroatoms. The first kappa shape index (κ1) is 18.5. The van der Waals surface area contributed by atoms with Crippen LogP contribution >= 0.6 is 0 Å². The minimum Gasteiger partial charge on any atom is -0.489 e. The van der Waals surface area contributed by atoms with Crippen molar-refractivity contribution in [2.75, 3.05) is 0 Å². The Morgan fingerprint density at radius 2 is 1.56 bits per heavy atom. The molecule has 0 aromatic heterocycles. The largest absolute Gasteiger partial charge is 0.489 e. The number of hydrogen-bond donors (Lipinski definition) is 1. The average Bonchev–Trinajstić information content (AvgIpc) is 2.73.